The summed E-state index contributed by atoms with van der Waals surface area (Å²) in [7, 11) is 0. The maximum absolute atomic E-state index is 8.65. The monoisotopic (exact) mass is 211 g/mol. The molecule has 0 bridgehead atoms. The summed E-state index contributed by atoms with van der Waals surface area (Å²) >= 11 is 5.69. The second kappa shape index (κ2) is 5.43. The molecular formula is C9H10ClN3O. The van der Waals surface area contributed by atoms with E-state index >= 15 is 0 Å². The number of pyridine rings is 1. The van der Waals surface area contributed by atoms with Crippen molar-refractivity contribution in [3.63, 3.8) is 0 Å². The van der Waals surface area contributed by atoms with Gasteiger partial charge in [0.25, 0.3) is 0 Å². The highest BCUT2D eigenvalue weighted by atomic mass is 35.5. The maximum Gasteiger partial charge on any atom is 0.132 e. The van der Waals surface area contributed by atoms with Crippen molar-refractivity contribution in [3.05, 3.63) is 22.8 Å². The summed E-state index contributed by atoms with van der Waals surface area (Å²) in [4.78, 5) is 3.98. The molecule has 0 atom stereocenters. The zero-order valence-electron chi connectivity index (χ0n) is 7.50. The topological polar surface area (TPSA) is 68.9 Å². The lowest BCUT2D eigenvalue weighted by atomic mass is 10.3. The van der Waals surface area contributed by atoms with E-state index in [4.69, 9.17) is 22.0 Å². The van der Waals surface area contributed by atoms with Gasteiger partial charge in [-0.1, -0.05) is 11.6 Å². The van der Waals surface area contributed by atoms with E-state index in [1.807, 2.05) is 6.07 Å². The second-order valence-corrected chi connectivity index (χ2v) is 3.07. The van der Waals surface area contributed by atoms with Crippen LogP contribution in [0.1, 0.15) is 12.0 Å². The van der Waals surface area contributed by atoms with Gasteiger partial charge in [-0.3, -0.25) is 0 Å². The highest BCUT2D eigenvalue weighted by Gasteiger charge is 1.99. The molecule has 0 amide bonds. The molecule has 0 saturated heterocycles. The summed E-state index contributed by atoms with van der Waals surface area (Å²) < 4.78 is 0. The van der Waals surface area contributed by atoms with Crippen LogP contribution in [-0.4, -0.2) is 23.2 Å². The van der Waals surface area contributed by atoms with Crippen LogP contribution < -0.4 is 5.32 Å². The number of nitrogens with zero attached hydrogens (tertiary/aromatic N) is 2. The lowest BCUT2D eigenvalue weighted by Gasteiger charge is -2.04. The van der Waals surface area contributed by atoms with Gasteiger partial charge < -0.3 is 10.4 Å². The van der Waals surface area contributed by atoms with Gasteiger partial charge in [0.15, 0.2) is 0 Å². The Morgan fingerprint density at radius 2 is 2.36 bits per heavy atom. The Bertz CT molecular complexity index is 348. The Kier molecular flexibility index (Phi) is 4.17. The quantitative estimate of drug-likeness (QED) is 0.584. The number of hydrogen-bond donors (Lipinski definition) is 2. The van der Waals surface area contributed by atoms with Crippen molar-refractivity contribution in [2.45, 2.75) is 6.42 Å². The fourth-order valence-corrected chi connectivity index (χ4v) is 1.16. The van der Waals surface area contributed by atoms with Crippen LogP contribution in [0.5, 0.6) is 0 Å². The lowest BCUT2D eigenvalue weighted by Crippen LogP contribution is -2.05. The summed E-state index contributed by atoms with van der Waals surface area (Å²) in [6, 6.07) is 5.10. The number of hydrogen-bond acceptors (Lipinski definition) is 4. The highest BCUT2D eigenvalue weighted by molar-refractivity contribution is 6.29. The van der Waals surface area contributed by atoms with Gasteiger partial charge in [-0.2, -0.15) is 5.26 Å². The molecule has 0 aromatic carbocycles. The van der Waals surface area contributed by atoms with E-state index in [-0.39, 0.29) is 11.8 Å². The molecule has 74 valence electrons. The first-order valence-corrected chi connectivity index (χ1v) is 4.56. The van der Waals surface area contributed by atoms with E-state index in [1.165, 1.54) is 6.07 Å². The van der Waals surface area contributed by atoms with E-state index in [1.54, 1.807) is 6.07 Å². The molecule has 1 heterocycles. The Hall–Kier alpha value is -1.31. The summed E-state index contributed by atoms with van der Waals surface area (Å²) in [6.07, 6.45) is 0.635. The highest BCUT2D eigenvalue weighted by Crippen LogP contribution is 2.13. The lowest BCUT2D eigenvalue weighted by molar-refractivity contribution is 0.292. The molecule has 1 rings (SSSR count). The van der Waals surface area contributed by atoms with Crippen LogP contribution in [0.4, 0.5) is 5.82 Å². The van der Waals surface area contributed by atoms with Crippen LogP contribution in [0, 0.1) is 11.3 Å². The molecule has 0 aliphatic heterocycles. The molecule has 1 aromatic rings. The minimum absolute atomic E-state index is 0.124. The fraction of sp³-hybridized carbons (Fsp3) is 0.333. The van der Waals surface area contributed by atoms with Crippen molar-refractivity contribution in [2.75, 3.05) is 18.5 Å². The summed E-state index contributed by atoms with van der Waals surface area (Å²) in [5.74, 6) is 0.558. The predicted molar refractivity (Wildman–Crippen MR) is 54.2 cm³/mol. The van der Waals surface area contributed by atoms with Crippen LogP contribution in [0.15, 0.2) is 12.1 Å². The number of halogens is 1. The van der Waals surface area contributed by atoms with E-state index in [2.05, 4.69) is 10.3 Å². The van der Waals surface area contributed by atoms with Crippen molar-refractivity contribution < 1.29 is 5.11 Å². The molecule has 0 radical (unpaired) electrons. The maximum atomic E-state index is 8.65. The van der Waals surface area contributed by atoms with Gasteiger partial charge in [0.05, 0.1) is 11.6 Å². The average Bonchev–Trinajstić information content (AvgIpc) is 2.17. The Labute approximate surface area is 87.2 Å². The minimum Gasteiger partial charge on any atom is -0.396 e. The van der Waals surface area contributed by atoms with E-state index < -0.39 is 0 Å². The standard InChI is InChI=1S/C9H10ClN3O/c10-8-4-7(6-11)5-9(13-8)12-2-1-3-14/h4-5,14H,1-3H2,(H,12,13). The molecule has 2 N–H and O–H groups in total. The molecule has 1 aromatic heterocycles. The van der Waals surface area contributed by atoms with Crippen molar-refractivity contribution in [2.24, 2.45) is 0 Å². The Balaban J connectivity index is 2.68. The van der Waals surface area contributed by atoms with E-state index in [0.717, 1.165) is 0 Å². The first kappa shape index (κ1) is 10.8. The number of aliphatic hydroxyl groups excluding tert-OH is 1. The molecule has 0 aliphatic rings. The van der Waals surface area contributed by atoms with E-state index in [0.29, 0.717) is 24.3 Å². The number of nitrogens with one attached hydrogen (secondary N) is 1. The number of aliphatic hydroxyl groups is 1. The molecule has 14 heavy (non-hydrogen) atoms. The zero-order valence-corrected chi connectivity index (χ0v) is 8.25. The molecule has 5 heteroatoms. The van der Waals surface area contributed by atoms with Gasteiger partial charge in [-0.05, 0) is 18.6 Å². The van der Waals surface area contributed by atoms with Gasteiger partial charge in [0.1, 0.15) is 11.0 Å². The van der Waals surface area contributed by atoms with Crippen LogP contribution in [0.2, 0.25) is 5.15 Å². The summed E-state index contributed by atoms with van der Waals surface area (Å²) in [5.41, 5.74) is 0.469. The van der Waals surface area contributed by atoms with Crippen LogP contribution in [-0.2, 0) is 0 Å². The average molecular weight is 212 g/mol. The second-order valence-electron chi connectivity index (χ2n) is 2.68. The van der Waals surface area contributed by atoms with Gasteiger partial charge in [-0.25, -0.2) is 4.98 Å². The summed E-state index contributed by atoms with van der Waals surface area (Å²) in [6.45, 7) is 0.730. The largest absolute Gasteiger partial charge is 0.396 e. The number of rotatable bonds is 4. The van der Waals surface area contributed by atoms with Gasteiger partial charge in [0.2, 0.25) is 0 Å². The molecule has 0 fully saturated rings. The molecular weight excluding hydrogens is 202 g/mol. The predicted octanol–water partition coefficient (Wildman–Crippen LogP) is 1.40. The van der Waals surface area contributed by atoms with Crippen LogP contribution >= 0.6 is 11.6 Å². The van der Waals surface area contributed by atoms with Crippen molar-refractivity contribution in [1.82, 2.24) is 4.98 Å². The SMILES string of the molecule is N#Cc1cc(Cl)nc(NCCCO)c1. The first-order chi connectivity index (χ1) is 6.76. The smallest absolute Gasteiger partial charge is 0.132 e. The normalized spacial score (nSPS) is 9.50. The molecule has 0 unspecified atom stereocenters. The number of aromatic nitrogens is 1. The Morgan fingerprint density at radius 1 is 1.57 bits per heavy atom. The molecule has 4 nitrogen and oxygen atoms in total. The third-order valence-corrected chi connectivity index (χ3v) is 1.76. The van der Waals surface area contributed by atoms with Crippen molar-refractivity contribution in [3.8, 4) is 6.07 Å². The minimum atomic E-state index is 0.124. The van der Waals surface area contributed by atoms with Gasteiger partial charge >= 0.3 is 0 Å². The molecule has 0 spiro atoms. The first-order valence-electron chi connectivity index (χ1n) is 4.18. The van der Waals surface area contributed by atoms with Gasteiger partial charge in [-0.15, -0.1) is 0 Å². The zero-order chi connectivity index (χ0) is 10.4. The fourth-order valence-electron chi connectivity index (χ4n) is 0.948. The third-order valence-electron chi connectivity index (χ3n) is 1.56. The van der Waals surface area contributed by atoms with Crippen LogP contribution in [0.25, 0.3) is 0 Å². The van der Waals surface area contributed by atoms with Gasteiger partial charge in [0, 0.05) is 13.2 Å². The van der Waals surface area contributed by atoms with Crippen molar-refractivity contribution in [1.29, 1.82) is 5.26 Å². The number of nitriles is 1. The Morgan fingerprint density at radius 3 is 3.00 bits per heavy atom. The number of anilines is 1. The molecule has 0 aliphatic carbocycles. The van der Waals surface area contributed by atoms with Crippen molar-refractivity contribution >= 4 is 17.4 Å². The third kappa shape index (κ3) is 3.21. The van der Waals surface area contributed by atoms with Crippen LogP contribution in [0.3, 0.4) is 0 Å². The molecule has 0 saturated carbocycles. The van der Waals surface area contributed by atoms with E-state index in [9.17, 15) is 0 Å². The summed E-state index contributed by atoms with van der Waals surface area (Å²) in [5, 5.41) is 20.5.